The first-order chi connectivity index (χ1) is 7.66. The molecule has 0 aliphatic carbocycles. The first kappa shape index (κ1) is 11.9. The van der Waals surface area contributed by atoms with Gasteiger partial charge in [0.1, 0.15) is 6.04 Å². The highest BCUT2D eigenvalue weighted by molar-refractivity contribution is 6.07. The van der Waals surface area contributed by atoms with Crippen LogP contribution < -0.4 is 5.32 Å². The Morgan fingerprint density at radius 1 is 1.47 bits per heavy atom. The zero-order valence-corrected chi connectivity index (χ0v) is 10.5. The SMILES string of the molecule is Cc1cccc2c1CN1C(=N2)NC(=O)[C@@H]1C.Cl. The van der Waals surface area contributed by atoms with Crippen LogP contribution >= 0.6 is 12.4 Å². The highest BCUT2D eigenvalue weighted by Gasteiger charge is 2.36. The second-order valence-corrected chi connectivity index (χ2v) is 4.30. The van der Waals surface area contributed by atoms with E-state index in [0.29, 0.717) is 5.96 Å². The number of hydrogen-bond donors (Lipinski definition) is 1. The van der Waals surface area contributed by atoms with E-state index in [0.717, 1.165) is 12.2 Å². The van der Waals surface area contributed by atoms with Gasteiger partial charge in [-0.25, -0.2) is 4.99 Å². The summed E-state index contributed by atoms with van der Waals surface area (Å²) in [6.45, 7) is 4.75. The third-order valence-electron chi connectivity index (χ3n) is 3.29. The van der Waals surface area contributed by atoms with Crippen molar-refractivity contribution in [3.8, 4) is 0 Å². The molecule has 1 aromatic carbocycles. The Morgan fingerprint density at radius 2 is 2.24 bits per heavy atom. The second-order valence-electron chi connectivity index (χ2n) is 4.30. The van der Waals surface area contributed by atoms with E-state index in [4.69, 9.17) is 0 Å². The molecule has 5 heteroatoms. The summed E-state index contributed by atoms with van der Waals surface area (Å²) in [5.41, 5.74) is 3.42. The minimum Gasteiger partial charge on any atom is -0.326 e. The number of rotatable bonds is 0. The van der Waals surface area contributed by atoms with Crippen molar-refractivity contribution in [3.05, 3.63) is 29.3 Å². The maximum atomic E-state index is 11.5. The van der Waals surface area contributed by atoms with Crippen LogP contribution in [0.3, 0.4) is 0 Å². The molecule has 1 aromatic rings. The van der Waals surface area contributed by atoms with Gasteiger partial charge in [-0.15, -0.1) is 12.4 Å². The minimum absolute atomic E-state index is 0. The predicted molar refractivity (Wildman–Crippen MR) is 68.7 cm³/mol. The molecule has 0 aromatic heterocycles. The van der Waals surface area contributed by atoms with Gasteiger partial charge in [0, 0.05) is 12.1 Å². The molecule has 1 fully saturated rings. The van der Waals surface area contributed by atoms with Gasteiger partial charge in [0.25, 0.3) is 0 Å². The first-order valence-corrected chi connectivity index (χ1v) is 5.41. The standard InChI is InChI=1S/C12H13N3O.ClH/c1-7-4-3-5-10-9(7)6-15-8(2)11(16)14-12(15)13-10;/h3-5,8H,6H2,1-2H3,(H,13,14,16);1H/t8-;/m0./s1. The Morgan fingerprint density at radius 3 is 3.00 bits per heavy atom. The molecule has 0 unspecified atom stereocenters. The third kappa shape index (κ3) is 1.69. The normalized spacial score (nSPS) is 21.1. The van der Waals surface area contributed by atoms with Gasteiger partial charge in [0.2, 0.25) is 11.9 Å². The van der Waals surface area contributed by atoms with Crippen LogP contribution in [0.5, 0.6) is 0 Å². The van der Waals surface area contributed by atoms with Gasteiger partial charge in [0.15, 0.2) is 0 Å². The molecule has 1 saturated heterocycles. The summed E-state index contributed by atoms with van der Waals surface area (Å²) >= 11 is 0. The summed E-state index contributed by atoms with van der Waals surface area (Å²) in [4.78, 5) is 18.0. The van der Waals surface area contributed by atoms with Crippen molar-refractivity contribution in [2.75, 3.05) is 0 Å². The van der Waals surface area contributed by atoms with Crippen molar-refractivity contribution in [2.24, 2.45) is 4.99 Å². The molecule has 2 heterocycles. The predicted octanol–water partition coefficient (Wildman–Crippen LogP) is 1.74. The average Bonchev–Trinajstić information content (AvgIpc) is 2.53. The average molecular weight is 252 g/mol. The first-order valence-electron chi connectivity index (χ1n) is 5.41. The maximum absolute atomic E-state index is 11.5. The zero-order chi connectivity index (χ0) is 11.3. The molecule has 2 aliphatic heterocycles. The van der Waals surface area contributed by atoms with Crippen LogP contribution in [0.15, 0.2) is 23.2 Å². The van der Waals surface area contributed by atoms with Crippen LogP contribution in [-0.4, -0.2) is 22.8 Å². The van der Waals surface area contributed by atoms with Crippen molar-refractivity contribution in [1.82, 2.24) is 10.2 Å². The topological polar surface area (TPSA) is 44.7 Å². The lowest BCUT2D eigenvalue weighted by molar-refractivity contribution is -0.121. The molecular weight excluding hydrogens is 238 g/mol. The van der Waals surface area contributed by atoms with E-state index >= 15 is 0 Å². The molecule has 4 nitrogen and oxygen atoms in total. The van der Waals surface area contributed by atoms with E-state index in [2.05, 4.69) is 23.3 Å². The zero-order valence-electron chi connectivity index (χ0n) is 9.73. The molecule has 2 aliphatic rings. The maximum Gasteiger partial charge on any atom is 0.249 e. The van der Waals surface area contributed by atoms with Crippen LogP contribution in [0.4, 0.5) is 5.69 Å². The Kier molecular flexibility index (Phi) is 2.83. The highest BCUT2D eigenvalue weighted by Crippen LogP contribution is 2.30. The van der Waals surface area contributed by atoms with Crippen LogP contribution in [0.1, 0.15) is 18.1 Å². The summed E-state index contributed by atoms with van der Waals surface area (Å²) in [5, 5.41) is 2.80. The fourth-order valence-corrected chi connectivity index (χ4v) is 2.20. The van der Waals surface area contributed by atoms with E-state index in [-0.39, 0.29) is 24.4 Å². The van der Waals surface area contributed by atoms with Gasteiger partial charge in [0.05, 0.1) is 5.69 Å². The molecule has 1 atom stereocenters. The van der Waals surface area contributed by atoms with E-state index in [9.17, 15) is 4.79 Å². The summed E-state index contributed by atoms with van der Waals surface area (Å²) < 4.78 is 0. The number of aryl methyl sites for hydroxylation is 1. The number of guanidine groups is 1. The number of nitrogens with zero attached hydrogens (tertiary/aromatic N) is 2. The molecule has 3 rings (SSSR count). The number of benzene rings is 1. The van der Waals surface area contributed by atoms with Gasteiger partial charge < -0.3 is 4.90 Å². The van der Waals surface area contributed by atoms with Crippen molar-refractivity contribution >= 4 is 30.0 Å². The summed E-state index contributed by atoms with van der Waals surface area (Å²) in [6, 6.07) is 5.94. The quantitative estimate of drug-likeness (QED) is 0.763. The van der Waals surface area contributed by atoms with Crippen molar-refractivity contribution in [2.45, 2.75) is 26.4 Å². The molecule has 1 N–H and O–H groups in total. The Labute approximate surface area is 106 Å². The van der Waals surface area contributed by atoms with E-state index in [1.165, 1.54) is 11.1 Å². The summed E-state index contributed by atoms with van der Waals surface area (Å²) in [5.74, 6) is 0.722. The number of halogens is 1. The molecule has 0 saturated carbocycles. The van der Waals surface area contributed by atoms with Crippen molar-refractivity contribution in [1.29, 1.82) is 0 Å². The fraction of sp³-hybridized carbons (Fsp3) is 0.333. The molecular formula is C12H14ClN3O. The Balaban J connectivity index is 0.00000108. The van der Waals surface area contributed by atoms with Gasteiger partial charge in [-0.3, -0.25) is 10.1 Å². The van der Waals surface area contributed by atoms with Crippen LogP contribution in [0, 0.1) is 6.92 Å². The van der Waals surface area contributed by atoms with Gasteiger partial charge in [-0.1, -0.05) is 12.1 Å². The number of fused-ring (bicyclic) bond motifs is 2. The largest absolute Gasteiger partial charge is 0.326 e. The molecule has 0 spiro atoms. The smallest absolute Gasteiger partial charge is 0.249 e. The number of nitrogens with one attached hydrogen (secondary N) is 1. The number of hydrogen-bond acceptors (Lipinski definition) is 3. The lowest BCUT2D eigenvalue weighted by Gasteiger charge is -2.27. The lowest BCUT2D eigenvalue weighted by Crippen LogP contribution is -2.35. The fourth-order valence-electron chi connectivity index (χ4n) is 2.20. The number of carbonyl (C=O) groups is 1. The number of aliphatic imine (C=N–C) groups is 1. The number of amides is 1. The summed E-state index contributed by atoms with van der Waals surface area (Å²) in [7, 11) is 0. The molecule has 0 bridgehead atoms. The third-order valence-corrected chi connectivity index (χ3v) is 3.29. The van der Waals surface area contributed by atoms with Crippen LogP contribution in [-0.2, 0) is 11.3 Å². The molecule has 17 heavy (non-hydrogen) atoms. The van der Waals surface area contributed by atoms with Gasteiger partial charge in [-0.05, 0) is 25.5 Å². The van der Waals surface area contributed by atoms with Crippen molar-refractivity contribution < 1.29 is 4.79 Å². The minimum atomic E-state index is -0.119. The van der Waals surface area contributed by atoms with Crippen LogP contribution in [0.25, 0.3) is 0 Å². The van der Waals surface area contributed by atoms with E-state index < -0.39 is 0 Å². The Bertz CT molecular complexity index is 512. The monoisotopic (exact) mass is 251 g/mol. The lowest BCUT2D eigenvalue weighted by atomic mass is 10.0. The van der Waals surface area contributed by atoms with E-state index in [1.54, 1.807) is 0 Å². The summed E-state index contributed by atoms with van der Waals surface area (Å²) in [6.07, 6.45) is 0. The number of carbonyl (C=O) groups excluding carboxylic acids is 1. The van der Waals surface area contributed by atoms with E-state index in [1.807, 2.05) is 24.0 Å². The second kappa shape index (κ2) is 4.04. The highest BCUT2D eigenvalue weighted by atomic mass is 35.5. The van der Waals surface area contributed by atoms with Crippen LogP contribution in [0.2, 0.25) is 0 Å². The Hall–Kier alpha value is -1.55. The molecule has 1 amide bonds. The van der Waals surface area contributed by atoms with Gasteiger partial charge >= 0.3 is 0 Å². The van der Waals surface area contributed by atoms with Crippen molar-refractivity contribution in [3.63, 3.8) is 0 Å². The molecule has 0 radical (unpaired) electrons. The van der Waals surface area contributed by atoms with Gasteiger partial charge in [-0.2, -0.15) is 0 Å². The molecule has 90 valence electrons.